The van der Waals surface area contributed by atoms with E-state index >= 15 is 0 Å². The summed E-state index contributed by atoms with van der Waals surface area (Å²) in [6, 6.07) is 7.53. The molecule has 0 unspecified atom stereocenters. The van der Waals surface area contributed by atoms with Gasteiger partial charge in [0.25, 0.3) is 0 Å². The topological polar surface area (TPSA) is 66.8 Å². The number of ketones is 1. The molecule has 0 spiro atoms. The van der Waals surface area contributed by atoms with Crippen molar-refractivity contribution in [3.05, 3.63) is 41.2 Å². The molecule has 0 N–H and O–H groups in total. The second-order valence-corrected chi connectivity index (χ2v) is 6.28. The van der Waals surface area contributed by atoms with Gasteiger partial charge < -0.3 is 18.8 Å². The van der Waals surface area contributed by atoms with E-state index in [1.54, 1.807) is 0 Å². The van der Waals surface area contributed by atoms with Gasteiger partial charge in [0.15, 0.2) is 18.1 Å². The van der Waals surface area contributed by atoms with Gasteiger partial charge in [-0.05, 0) is 38.5 Å². The summed E-state index contributed by atoms with van der Waals surface area (Å²) in [6.45, 7) is 6.54. The van der Waals surface area contributed by atoms with Gasteiger partial charge in [-0.2, -0.15) is 0 Å². The van der Waals surface area contributed by atoms with E-state index in [9.17, 15) is 9.59 Å². The standard InChI is InChI=1S/C20H23NO5/c1-4-5-20(23)26-12-17(22)16-10-13(2)21(14(16)3)15-6-7-18-19(11-15)25-9-8-24-18/h6-7,10-11H,4-5,8-9,12H2,1-3H3. The van der Waals surface area contributed by atoms with Crippen LogP contribution < -0.4 is 9.47 Å². The molecule has 0 fully saturated rings. The van der Waals surface area contributed by atoms with Crippen molar-refractivity contribution in [2.45, 2.75) is 33.6 Å². The molecule has 0 saturated heterocycles. The van der Waals surface area contributed by atoms with Crippen molar-refractivity contribution in [3.8, 4) is 17.2 Å². The summed E-state index contributed by atoms with van der Waals surface area (Å²) in [5.41, 5.74) is 3.17. The van der Waals surface area contributed by atoms with Crippen LogP contribution in [0.1, 0.15) is 41.5 Å². The Kier molecular flexibility index (Phi) is 5.30. The smallest absolute Gasteiger partial charge is 0.306 e. The second-order valence-electron chi connectivity index (χ2n) is 6.28. The number of fused-ring (bicyclic) bond motifs is 1. The number of rotatable bonds is 6. The molecule has 0 radical (unpaired) electrons. The Morgan fingerprint density at radius 2 is 1.85 bits per heavy atom. The van der Waals surface area contributed by atoms with E-state index in [2.05, 4.69) is 0 Å². The number of hydrogen-bond donors (Lipinski definition) is 0. The van der Waals surface area contributed by atoms with Crippen molar-refractivity contribution in [3.63, 3.8) is 0 Å². The molecule has 0 aliphatic carbocycles. The maximum atomic E-state index is 12.5. The third kappa shape index (κ3) is 3.59. The van der Waals surface area contributed by atoms with Gasteiger partial charge in [0.05, 0.1) is 0 Å². The van der Waals surface area contributed by atoms with Gasteiger partial charge in [0.2, 0.25) is 5.78 Å². The fourth-order valence-electron chi connectivity index (χ4n) is 3.11. The van der Waals surface area contributed by atoms with Crippen LogP contribution in [0.2, 0.25) is 0 Å². The first kappa shape index (κ1) is 18.0. The van der Waals surface area contributed by atoms with Crippen molar-refractivity contribution < 1.29 is 23.8 Å². The fraction of sp³-hybridized carbons (Fsp3) is 0.400. The molecule has 26 heavy (non-hydrogen) atoms. The van der Waals surface area contributed by atoms with E-state index < -0.39 is 0 Å². The van der Waals surface area contributed by atoms with E-state index in [0.29, 0.717) is 37.4 Å². The van der Waals surface area contributed by atoms with Gasteiger partial charge in [0, 0.05) is 35.1 Å². The Hall–Kier alpha value is -2.76. The molecule has 0 saturated carbocycles. The molecule has 3 rings (SSSR count). The van der Waals surface area contributed by atoms with Crippen molar-refractivity contribution in [1.82, 2.24) is 4.57 Å². The number of ether oxygens (including phenoxy) is 3. The molecule has 1 aliphatic rings. The van der Waals surface area contributed by atoms with Gasteiger partial charge in [-0.25, -0.2) is 0 Å². The number of aromatic nitrogens is 1. The van der Waals surface area contributed by atoms with Gasteiger partial charge in [-0.3, -0.25) is 9.59 Å². The second kappa shape index (κ2) is 7.64. The van der Waals surface area contributed by atoms with Crippen LogP contribution >= 0.6 is 0 Å². The van der Waals surface area contributed by atoms with Crippen molar-refractivity contribution in [2.24, 2.45) is 0 Å². The van der Waals surface area contributed by atoms with Crippen LogP contribution in [0.15, 0.2) is 24.3 Å². The van der Waals surface area contributed by atoms with Gasteiger partial charge in [-0.1, -0.05) is 6.92 Å². The summed E-state index contributed by atoms with van der Waals surface area (Å²) < 4.78 is 18.2. The summed E-state index contributed by atoms with van der Waals surface area (Å²) in [7, 11) is 0. The average molecular weight is 357 g/mol. The van der Waals surface area contributed by atoms with Gasteiger partial charge >= 0.3 is 5.97 Å². The first-order valence-electron chi connectivity index (χ1n) is 8.79. The van der Waals surface area contributed by atoms with Crippen LogP contribution in [0.25, 0.3) is 5.69 Å². The molecule has 6 nitrogen and oxygen atoms in total. The summed E-state index contributed by atoms with van der Waals surface area (Å²) in [6.07, 6.45) is 1.02. The van der Waals surface area contributed by atoms with Crippen molar-refractivity contribution in [2.75, 3.05) is 19.8 Å². The van der Waals surface area contributed by atoms with Crippen molar-refractivity contribution in [1.29, 1.82) is 0 Å². The largest absolute Gasteiger partial charge is 0.486 e. The van der Waals surface area contributed by atoms with Crippen LogP contribution in [0.4, 0.5) is 0 Å². The fourth-order valence-corrected chi connectivity index (χ4v) is 3.11. The molecule has 0 atom stereocenters. The summed E-state index contributed by atoms with van der Waals surface area (Å²) in [4.78, 5) is 24.0. The lowest BCUT2D eigenvalue weighted by molar-refractivity contribution is -0.142. The lowest BCUT2D eigenvalue weighted by atomic mass is 10.1. The van der Waals surface area contributed by atoms with Crippen LogP contribution in [0.3, 0.4) is 0 Å². The zero-order chi connectivity index (χ0) is 18.7. The molecule has 138 valence electrons. The Balaban J connectivity index is 1.84. The number of nitrogens with zero attached hydrogens (tertiary/aromatic N) is 1. The molecule has 2 heterocycles. The number of hydrogen-bond acceptors (Lipinski definition) is 5. The zero-order valence-corrected chi connectivity index (χ0v) is 15.3. The SMILES string of the molecule is CCCC(=O)OCC(=O)c1cc(C)n(-c2ccc3c(c2)OCCO3)c1C. The maximum Gasteiger partial charge on any atom is 0.306 e. The Labute approximate surface area is 152 Å². The molecule has 0 bridgehead atoms. The molecule has 1 aromatic carbocycles. The lowest BCUT2D eigenvalue weighted by Crippen LogP contribution is -2.16. The highest BCUT2D eigenvalue weighted by Gasteiger charge is 2.19. The molecule has 6 heteroatoms. The minimum absolute atomic E-state index is 0.202. The number of benzene rings is 1. The maximum absolute atomic E-state index is 12.5. The zero-order valence-electron chi connectivity index (χ0n) is 15.3. The average Bonchev–Trinajstić information content (AvgIpc) is 2.94. The molecule has 2 aromatic rings. The van der Waals surface area contributed by atoms with E-state index in [-0.39, 0.29) is 18.4 Å². The molecule has 1 aliphatic heterocycles. The van der Waals surface area contributed by atoms with E-state index in [4.69, 9.17) is 14.2 Å². The Morgan fingerprint density at radius 1 is 1.12 bits per heavy atom. The first-order chi connectivity index (χ1) is 12.5. The Bertz CT molecular complexity index is 837. The molecule has 0 amide bonds. The normalized spacial score (nSPS) is 12.7. The van der Waals surface area contributed by atoms with Crippen molar-refractivity contribution >= 4 is 11.8 Å². The van der Waals surface area contributed by atoms with Crippen LogP contribution in [0.5, 0.6) is 11.5 Å². The summed E-state index contributed by atoms with van der Waals surface area (Å²) >= 11 is 0. The van der Waals surface area contributed by atoms with Gasteiger partial charge in [-0.15, -0.1) is 0 Å². The lowest BCUT2D eigenvalue weighted by Gasteiger charge is -2.20. The van der Waals surface area contributed by atoms with E-state index in [1.807, 2.05) is 49.6 Å². The first-order valence-corrected chi connectivity index (χ1v) is 8.79. The third-order valence-corrected chi connectivity index (χ3v) is 4.33. The predicted octanol–water partition coefficient (Wildman–Crippen LogP) is 3.39. The van der Waals surface area contributed by atoms with Crippen LogP contribution in [-0.2, 0) is 9.53 Å². The highest BCUT2D eigenvalue weighted by Crippen LogP contribution is 2.33. The van der Waals surface area contributed by atoms with Crippen LogP contribution in [0, 0.1) is 13.8 Å². The molecule has 1 aromatic heterocycles. The number of carbonyl (C=O) groups excluding carboxylic acids is 2. The quantitative estimate of drug-likeness (QED) is 0.586. The predicted molar refractivity (Wildman–Crippen MR) is 96.4 cm³/mol. The Morgan fingerprint density at radius 3 is 2.58 bits per heavy atom. The summed E-state index contributed by atoms with van der Waals surface area (Å²) in [5.74, 6) is 0.872. The van der Waals surface area contributed by atoms with E-state index in [1.165, 1.54) is 0 Å². The molecular formula is C20H23NO5. The van der Waals surface area contributed by atoms with Crippen LogP contribution in [-0.4, -0.2) is 36.1 Å². The highest BCUT2D eigenvalue weighted by atomic mass is 16.6. The van der Waals surface area contributed by atoms with E-state index in [0.717, 1.165) is 22.8 Å². The third-order valence-electron chi connectivity index (χ3n) is 4.33. The minimum atomic E-state index is -0.346. The summed E-state index contributed by atoms with van der Waals surface area (Å²) in [5, 5.41) is 0. The number of carbonyl (C=O) groups is 2. The number of Topliss-reactive ketones (excluding diaryl/α,β-unsaturated/α-hetero) is 1. The number of aryl methyl sites for hydroxylation is 1. The molecular weight excluding hydrogens is 334 g/mol. The minimum Gasteiger partial charge on any atom is -0.486 e. The monoisotopic (exact) mass is 357 g/mol. The van der Waals surface area contributed by atoms with Gasteiger partial charge in [0.1, 0.15) is 13.2 Å². The highest BCUT2D eigenvalue weighted by molar-refractivity contribution is 5.99. The number of esters is 1.